The summed E-state index contributed by atoms with van der Waals surface area (Å²) in [4.78, 5) is 15.7. The van der Waals surface area contributed by atoms with E-state index >= 15 is 0 Å². The zero-order valence-electron chi connectivity index (χ0n) is 15.9. The van der Waals surface area contributed by atoms with Gasteiger partial charge < -0.3 is 9.42 Å². The fraction of sp³-hybridized carbons (Fsp3) is 0.444. The van der Waals surface area contributed by atoms with E-state index in [1.807, 2.05) is 26.2 Å². The average molecular weight is 379 g/mol. The van der Waals surface area contributed by atoms with Gasteiger partial charge in [0.25, 0.3) is 11.7 Å². The highest BCUT2D eigenvalue weighted by Crippen LogP contribution is 2.34. The van der Waals surface area contributed by atoms with Gasteiger partial charge in [-0.2, -0.15) is 24.7 Å². The first-order valence-corrected chi connectivity index (χ1v) is 9.46. The molecule has 4 aromatic heterocycles. The molecule has 1 aliphatic rings. The van der Waals surface area contributed by atoms with Crippen molar-refractivity contribution in [3.63, 3.8) is 0 Å². The highest BCUT2D eigenvalue weighted by Gasteiger charge is 2.29. The van der Waals surface area contributed by atoms with Gasteiger partial charge in [0.1, 0.15) is 12.1 Å². The van der Waals surface area contributed by atoms with Crippen molar-refractivity contribution in [2.75, 3.05) is 11.4 Å². The lowest BCUT2D eigenvalue weighted by atomic mass is 10.1. The molecule has 5 heterocycles. The van der Waals surface area contributed by atoms with Crippen molar-refractivity contribution in [1.29, 1.82) is 0 Å². The molecule has 10 heteroatoms. The maximum atomic E-state index is 5.55. The highest BCUT2D eigenvalue weighted by atomic mass is 16.5. The fourth-order valence-electron chi connectivity index (χ4n) is 3.79. The number of aryl methyl sites for hydroxylation is 2. The molecule has 1 saturated heterocycles. The summed E-state index contributed by atoms with van der Waals surface area (Å²) in [5.74, 6) is 2.73. The summed E-state index contributed by atoms with van der Waals surface area (Å²) in [5, 5.41) is 12.9. The van der Waals surface area contributed by atoms with E-state index in [1.165, 1.54) is 12.7 Å². The summed E-state index contributed by atoms with van der Waals surface area (Å²) in [7, 11) is 1.86. The van der Waals surface area contributed by atoms with Gasteiger partial charge in [0.15, 0.2) is 5.82 Å². The maximum absolute atomic E-state index is 5.55. The average Bonchev–Trinajstić information content (AvgIpc) is 3.39. The standard InChI is InChI=1S/C18H21N9O/c1-12-8-15(27-18(22-12)19-11-21-27)26-7-5-3-4-6-14(26)16-23-17(28-24-16)13-9-20-25(2)10-13/h8-11,14H,3-7H2,1-2H3/t14-/m0/s1. The Bertz CT molecular complexity index is 1110. The molecule has 0 amide bonds. The monoisotopic (exact) mass is 379 g/mol. The van der Waals surface area contributed by atoms with E-state index in [0.29, 0.717) is 17.5 Å². The van der Waals surface area contributed by atoms with Crippen LogP contribution in [-0.2, 0) is 7.05 Å². The van der Waals surface area contributed by atoms with Crippen molar-refractivity contribution >= 4 is 11.6 Å². The molecule has 0 unspecified atom stereocenters. The molecule has 0 spiro atoms. The van der Waals surface area contributed by atoms with Gasteiger partial charge in [-0.15, -0.1) is 0 Å². The zero-order valence-corrected chi connectivity index (χ0v) is 15.9. The summed E-state index contributed by atoms with van der Waals surface area (Å²) in [6, 6.07) is 2.05. The zero-order chi connectivity index (χ0) is 19.1. The van der Waals surface area contributed by atoms with Crippen LogP contribution in [0.1, 0.15) is 43.2 Å². The molecular formula is C18H21N9O. The van der Waals surface area contributed by atoms with Crippen molar-refractivity contribution in [3.8, 4) is 11.5 Å². The van der Waals surface area contributed by atoms with E-state index in [1.54, 1.807) is 15.4 Å². The molecule has 0 N–H and O–H groups in total. The summed E-state index contributed by atoms with van der Waals surface area (Å²) in [6.45, 7) is 2.86. The smallest absolute Gasteiger partial charge is 0.261 e. The van der Waals surface area contributed by atoms with Gasteiger partial charge in [-0.05, 0) is 19.8 Å². The third-order valence-corrected chi connectivity index (χ3v) is 5.10. The van der Waals surface area contributed by atoms with Crippen molar-refractivity contribution in [3.05, 3.63) is 36.3 Å². The number of fused-ring (bicyclic) bond motifs is 1. The molecule has 5 rings (SSSR count). The second-order valence-electron chi connectivity index (χ2n) is 7.15. The van der Waals surface area contributed by atoms with Crippen LogP contribution in [0.25, 0.3) is 17.2 Å². The molecule has 0 radical (unpaired) electrons. The fourth-order valence-corrected chi connectivity index (χ4v) is 3.79. The van der Waals surface area contributed by atoms with Gasteiger partial charge in [-0.25, -0.2) is 4.98 Å². The van der Waals surface area contributed by atoms with Crippen molar-refractivity contribution in [1.82, 2.24) is 39.5 Å². The Kier molecular flexibility index (Phi) is 4.03. The number of hydrogen-bond acceptors (Lipinski definition) is 8. The number of hydrogen-bond donors (Lipinski definition) is 0. The molecule has 0 saturated carbocycles. The Morgan fingerprint density at radius 2 is 2.07 bits per heavy atom. The number of aromatic nitrogens is 8. The van der Waals surface area contributed by atoms with E-state index in [2.05, 4.69) is 30.2 Å². The van der Waals surface area contributed by atoms with Crippen molar-refractivity contribution in [2.45, 2.75) is 38.6 Å². The molecule has 0 bridgehead atoms. The molecule has 4 aromatic rings. The predicted octanol–water partition coefficient (Wildman–Crippen LogP) is 2.34. The van der Waals surface area contributed by atoms with E-state index < -0.39 is 0 Å². The Morgan fingerprint density at radius 3 is 2.93 bits per heavy atom. The van der Waals surface area contributed by atoms with E-state index in [0.717, 1.165) is 42.9 Å². The van der Waals surface area contributed by atoms with Crippen molar-refractivity contribution in [2.24, 2.45) is 7.05 Å². The van der Waals surface area contributed by atoms with Crippen molar-refractivity contribution < 1.29 is 4.52 Å². The Balaban J connectivity index is 1.56. The van der Waals surface area contributed by atoms with Crippen LogP contribution < -0.4 is 4.90 Å². The Labute approximate surface area is 161 Å². The minimum atomic E-state index is 0.00544. The topological polar surface area (TPSA) is 103 Å². The largest absolute Gasteiger partial charge is 0.346 e. The van der Waals surface area contributed by atoms with Crippen LogP contribution >= 0.6 is 0 Å². The van der Waals surface area contributed by atoms with Crippen LogP contribution in [0, 0.1) is 6.92 Å². The lowest BCUT2D eigenvalue weighted by Gasteiger charge is -2.29. The second kappa shape index (κ2) is 6.70. The highest BCUT2D eigenvalue weighted by molar-refractivity contribution is 5.51. The van der Waals surface area contributed by atoms with Gasteiger partial charge in [0, 0.05) is 31.5 Å². The first-order valence-electron chi connectivity index (χ1n) is 9.46. The van der Waals surface area contributed by atoms with E-state index in [-0.39, 0.29) is 6.04 Å². The molecule has 1 fully saturated rings. The molecule has 144 valence electrons. The normalized spacial score (nSPS) is 17.9. The number of nitrogens with zero attached hydrogens (tertiary/aromatic N) is 9. The van der Waals surface area contributed by atoms with Gasteiger partial charge in [0.05, 0.1) is 17.8 Å². The maximum Gasteiger partial charge on any atom is 0.261 e. The lowest BCUT2D eigenvalue weighted by Crippen LogP contribution is -2.31. The van der Waals surface area contributed by atoms with Crippen LogP contribution in [0.4, 0.5) is 5.82 Å². The third-order valence-electron chi connectivity index (χ3n) is 5.10. The minimum Gasteiger partial charge on any atom is -0.346 e. The summed E-state index contributed by atoms with van der Waals surface area (Å²) < 4.78 is 9.06. The first kappa shape index (κ1) is 16.8. The Morgan fingerprint density at radius 1 is 1.14 bits per heavy atom. The van der Waals surface area contributed by atoms with E-state index in [4.69, 9.17) is 9.51 Å². The van der Waals surface area contributed by atoms with Crippen LogP contribution in [0.5, 0.6) is 0 Å². The molecule has 28 heavy (non-hydrogen) atoms. The number of anilines is 1. The molecule has 1 aliphatic heterocycles. The molecular weight excluding hydrogens is 358 g/mol. The van der Waals surface area contributed by atoms with E-state index in [9.17, 15) is 0 Å². The van der Waals surface area contributed by atoms with Crippen LogP contribution in [0.2, 0.25) is 0 Å². The molecule has 10 nitrogen and oxygen atoms in total. The summed E-state index contributed by atoms with van der Waals surface area (Å²) in [5.41, 5.74) is 1.72. The van der Waals surface area contributed by atoms with Crippen LogP contribution in [-0.4, -0.2) is 46.0 Å². The van der Waals surface area contributed by atoms with Gasteiger partial charge >= 0.3 is 0 Å². The lowest BCUT2D eigenvalue weighted by molar-refractivity contribution is 0.410. The number of rotatable bonds is 3. The summed E-state index contributed by atoms with van der Waals surface area (Å²) in [6.07, 6.45) is 9.46. The van der Waals surface area contributed by atoms with Gasteiger partial charge in [-0.1, -0.05) is 18.0 Å². The van der Waals surface area contributed by atoms with Crippen LogP contribution in [0.15, 0.2) is 29.3 Å². The SMILES string of the molecule is Cc1cc(N2CCCCC[C@H]2c2noc(-c3cnn(C)c3)n2)n2ncnc2n1. The summed E-state index contributed by atoms with van der Waals surface area (Å²) >= 11 is 0. The first-order chi connectivity index (χ1) is 13.7. The Hall–Kier alpha value is -3.30. The molecule has 1 atom stereocenters. The quantitative estimate of drug-likeness (QED) is 0.534. The molecule has 0 aromatic carbocycles. The predicted molar refractivity (Wildman–Crippen MR) is 101 cm³/mol. The molecule has 0 aliphatic carbocycles. The minimum absolute atomic E-state index is 0.00544. The third kappa shape index (κ3) is 2.90. The van der Waals surface area contributed by atoms with Gasteiger partial charge in [0.2, 0.25) is 0 Å². The second-order valence-corrected chi connectivity index (χ2v) is 7.15. The van der Waals surface area contributed by atoms with Crippen LogP contribution in [0.3, 0.4) is 0 Å². The van der Waals surface area contributed by atoms with Gasteiger partial charge in [-0.3, -0.25) is 4.68 Å².